The summed E-state index contributed by atoms with van der Waals surface area (Å²) in [4.78, 5) is 4.33. The minimum absolute atomic E-state index is 0. The number of guanidine groups is 1. The van der Waals surface area contributed by atoms with E-state index in [1.165, 1.54) is 5.56 Å². The Labute approximate surface area is 190 Å². The SMILES string of the molecule is CCS(=O)C1CCCC(NC(=NC)NCCCCOCc2ccccc2)C1.I. The van der Waals surface area contributed by atoms with Crippen LogP contribution in [0.15, 0.2) is 35.3 Å². The topological polar surface area (TPSA) is 62.7 Å². The molecule has 1 fully saturated rings. The fraction of sp³-hybridized carbons (Fsp3) is 0.667. The Hall–Kier alpha value is -0.670. The molecule has 1 saturated carbocycles. The van der Waals surface area contributed by atoms with Gasteiger partial charge in [0.2, 0.25) is 0 Å². The Morgan fingerprint density at radius 2 is 2.04 bits per heavy atom. The summed E-state index contributed by atoms with van der Waals surface area (Å²) in [6, 6.07) is 10.6. The second-order valence-electron chi connectivity index (χ2n) is 7.04. The van der Waals surface area contributed by atoms with Crippen molar-refractivity contribution in [2.75, 3.05) is 26.0 Å². The Balaban J connectivity index is 0.00000392. The van der Waals surface area contributed by atoms with Gasteiger partial charge in [0, 0.05) is 48.0 Å². The molecule has 5 nitrogen and oxygen atoms in total. The largest absolute Gasteiger partial charge is 0.377 e. The molecular formula is C21H36IN3O2S. The van der Waals surface area contributed by atoms with Gasteiger partial charge in [0.05, 0.1) is 6.61 Å². The van der Waals surface area contributed by atoms with Gasteiger partial charge in [-0.05, 0) is 37.7 Å². The number of nitrogens with one attached hydrogen (secondary N) is 2. The number of hydrogen-bond donors (Lipinski definition) is 2. The summed E-state index contributed by atoms with van der Waals surface area (Å²) in [6.45, 7) is 4.35. The molecule has 0 amide bonds. The van der Waals surface area contributed by atoms with Gasteiger partial charge < -0.3 is 15.4 Å². The van der Waals surface area contributed by atoms with Crippen LogP contribution in [0.5, 0.6) is 0 Å². The summed E-state index contributed by atoms with van der Waals surface area (Å²) in [7, 11) is 1.12. The molecule has 0 aliphatic heterocycles. The summed E-state index contributed by atoms with van der Waals surface area (Å²) in [5.41, 5.74) is 1.22. The average Bonchev–Trinajstić information content (AvgIpc) is 2.72. The lowest BCUT2D eigenvalue weighted by molar-refractivity contribution is 0.117. The summed E-state index contributed by atoms with van der Waals surface area (Å²) < 4.78 is 17.8. The van der Waals surface area contributed by atoms with Crippen LogP contribution in [-0.4, -0.2) is 47.4 Å². The second-order valence-corrected chi connectivity index (χ2v) is 9.05. The highest BCUT2D eigenvalue weighted by atomic mass is 127. The van der Waals surface area contributed by atoms with E-state index in [2.05, 4.69) is 27.8 Å². The van der Waals surface area contributed by atoms with Gasteiger partial charge in [-0.15, -0.1) is 24.0 Å². The zero-order valence-electron chi connectivity index (χ0n) is 17.2. The van der Waals surface area contributed by atoms with Gasteiger partial charge >= 0.3 is 0 Å². The van der Waals surface area contributed by atoms with Gasteiger partial charge in [-0.1, -0.05) is 43.7 Å². The lowest BCUT2D eigenvalue weighted by Crippen LogP contribution is -2.46. The molecule has 0 radical (unpaired) electrons. The summed E-state index contributed by atoms with van der Waals surface area (Å²) in [5.74, 6) is 1.62. The van der Waals surface area contributed by atoms with Crippen molar-refractivity contribution in [3.63, 3.8) is 0 Å². The van der Waals surface area contributed by atoms with Crippen LogP contribution in [0.2, 0.25) is 0 Å². The fourth-order valence-electron chi connectivity index (χ4n) is 3.44. The normalized spacial score (nSPS) is 20.9. The zero-order valence-corrected chi connectivity index (χ0v) is 20.3. The Morgan fingerprint density at radius 1 is 1.25 bits per heavy atom. The van der Waals surface area contributed by atoms with Crippen molar-refractivity contribution < 1.29 is 8.95 Å². The van der Waals surface area contributed by atoms with Crippen molar-refractivity contribution in [2.45, 2.75) is 63.3 Å². The highest BCUT2D eigenvalue weighted by Crippen LogP contribution is 2.22. The Kier molecular flexibility index (Phi) is 13.8. The van der Waals surface area contributed by atoms with Crippen molar-refractivity contribution in [1.82, 2.24) is 10.6 Å². The molecule has 0 spiro atoms. The van der Waals surface area contributed by atoms with E-state index >= 15 is 0 Å². The second kappa shape index (κ2) is 15.2. The number of ether oxygens (including phenoxy) is 1. The highest BCUT2D eigenvalue weighted by molar-refractivity contribution is 14.0. The fourth-order valence-corrected chi connectivity index (χ4v) is 4.79. The van der Waals surface area contributed by atoms with E-state index in [1.54, 1.807) is 0 Å². The number of hydrogen-bond acceptors (Lipinski definition) is 3. The van der Waals surface area contributed by atoms with Gasteiger partial charge in [0.1, 0.15) is 0 Å². The molecule has 28 heavy (non-hydrogen) atoms. The molecule has 1 aliphatic carbocycles. The molecular weight excluding hydrogens is 485 g/mol. The highest BCUT2D eigenvalue weighted by Gasteiger charge is 2.25. The molecule has 2 rings (SSSR count). The van der Waals surface area contributed by atoms with Gasteiger partial charge in [0.15, 0.2) is 5.96 Å². The van der Waals surface area contributed by atoms with E-state index in [-0.39, 0.29) is 24.0 Å². The lowest BCUT2D eigenvalue weighted by Gasteiger charge is -2.30. The van der Waals surface area contributed by atoms with Crippen LogP contribution in [0.1, 0.15) is 51.0 Å². The molecule has 1 aliphatic rings. The standard InChI is InChI=1S/C21H35N3O2S.HI/c1-3-27(25)20-13-9-12-19(16-20)24-21(22-2)23-14-7-8-15-26-17-18-10-5-4-6-11-18;/h4-6,10-11,19-20H,3,7-9,12-17H2,1-2H3,(H2,22,23,24);1H. The monoisotopic (exact) mass is 521 g/mol. The maximum atomic E-state index is 12.1. The minimum Gasteiger partial charge on any atom is -0.377 e. The molecule has 160 valence electrons. The molecule has 0 saturated heterocycles. The molecule has 7 heteroatoms. The number of benzene rings is 1. The molecule has 1 aromatic carbocycles. The zero-order chi connectivity index (χ0) is 19.3. The molecule has 2 N–H and O–H groups in total. The van der Waals surface area contributed by atoms with E-state index in [1.807, 2.05) is 32.2 Å². The molecule has 1 aromatic rings. The molecule has 0 aromatic heterocycles. The predicted octanol–water partition coefficient (Wildman–Crippen LogP) is 3.85. The number of nitrogens with zero attached hydrogens (tertiary/aromatic N) is 1. The van der Waals surface area contributed by atoms with Gasteiger partial charge in [-0.2, -0.15) is 0 Å². The van der Waals surface area contributed by atoms with Crippen LogP contribution in [0.25, 0.3) is 0 Å². The Bertz CT molecular complexity index is 586. The number of aliphatic imine (C=N–C) groups is 1. The van der Waals surface area contributed by atoms with E-state index in [9.17, 15) is 4.21 Å². The van der Waals surface area contributed by atoms with E-state index in [0.717, 1.165) is 63.4 Å². The minimum atomic E-state index is -0.689. The van der Waals surface area contributed by atoms with Gasteiger partial charge in [-0.3, -0.25) is 9.20 Å². The molecule has 3 unspecified atom stereocenters. The number of unbranched alkanes of at least 4 members (excludes halogenated alkanes) is 1. The smallest absolute Gasteiger partial charge is 0.191 e. The summed E-state index contributed by atoms with van der Waals surface area (Å²) in [5, 5.41) is 7.24. The third-order valence-electron chi connectivity index (χ3n) is 4.97. The number of halogens is 1. The van der Waals surface area contributed by atoms with Crippen LogP contribution >= 0.6 is 24.0 Å². The maximum absolute atomic E-state index is 12.1. The first kappa shape index (κ1) is 25.4. The quantitative estimate of drug-likeness (QED) is 0.213. The first-order chi connectivity index (χ1) is 13.2. The van der Waals surface area contributed by atoms with Crippen LogP contribution in [0.3, 0.4) is 0 Å². The molecule has 0 heterocycles. The lowest BCUT2D eigenvalue weighted by atomic mass is 9.95. The third-order valence-corrected chi connectivity index (χ3v) is 6.71. The Morgan fingerprint density at radius 3 is 2.75 bits per heavy atom. The van der Waals surface area contributed by atoms with Crippen molar-refractivity contribution in [3.05, 3.63) is 35.9 Å². The average molecular weight is 522 g/mol. The predicted molar refractivity (Wildman–Crippen MR) is 130 cm³/mol. The molecule has 3 atom stereocenters. The first-order valence-electron chi connectivity index (χ1n) is 10.2. The van der Waals surface area contributed by atoms with E-state index in [4.69, 9.17) is 4.74 Å². The summed E-state index contributed by atoms with van der Waals surface area (Å²) >= 11 is 0. The first-order valence-corrected chi connectivity index (χ1v) is 11.6. The van der Waals surface area contributed by atoms with Crippen LogP contribution in [-0.2, 0) is 22.1 Å². The van der Waals surface area contributed by atoms with Crippen LogP contribution < -0.4 is 10.6 Å². The maximum Gasteiger partial charge on any atom is 0.191 e. The van der Waals surface area contributed by atoms with E-state index < -0.39 is 10.8 Å². The van der Waals surface area contributed by atoms with Crippen molar-refractivity contribution in [1.29, 1.82) is 0 Å². The molecule has 0 bridgehead atoms. The van der Waals surface area contributed by atoms with Gasteiger partial charge in [0.25, 0.3) is 0 Å². The van der Waals surface area contributed by atoms with Crippen LogP contribution in [0.4, 0.5) is 0 Å². The number of rotatable bonds is 10. The van der Waals surface area contributed by atoms with E-state index in [0.29, 0.717) is 17.9 Å². The third kappa shape index (κ3) is 9.69. The van der Waals surface area contributed by atoms with Crippen molar-refractivity contribution in [3.8, 4) is 0 Å². The van der Waals surface area contributed by atoms with Gasteiger partial charge in [-0.25, -0.2) is 0 Å². The van der Waals surface area contributed by atoms with Crippen molar-refractivity contribution in [2.24, 2.45) is 4.99 Å². The van der Waals surface area contributed by atoms with Crippen LogP contribution in [0, 0.1) is 0 Å². The summed E-state index contributed by atoms with van der Waals surface area (Å²) in [6.07, 6.45) is 6.41. The van der Waals surface area contributed by atoms with Crippen molar-refractivity contribution >= 4 is 40.7 Å².